The number of benzene rings is 1. The van der Waals surface area contributed by atoms with Crippen molar-refractivity contribution in [2.24, 2.45) is 5.92 Å². The zero-order chi connectivity index (χ0) is 21.0. The molecule has 6 nitrogen and oxygen atoms in total. The van der Waals surface area contributed by atoms with Crippen LogP contribution in [0, 0.1) is 5.92 Å². The van der Waals surface area contributed by atoms with Gasteiger partial charge in [0.2, 0.25) is 11.8 Å². The highest BCUT2D eigenvalue weighted by Crippen LogP contribution is 2.50. The Morgan fingerprint density at radius 1 is 1.23 bits per heavy atom. The maximum absolute atomic E-state index is 12.4. The summed E-state index contributed by atoms with van der Waals surface area (Å²) in [5, 5.41) is 12.0. The van der Waals surface area contributed by atoms with Gasteiger partial charge in [0, 0.05) is 28.5 Å². The van der Waals surface area contributed by atoms with Crippen LogP contribution in [0.15, 0.2) is 36.4 Å². The molecule has 0 saturated carbocycles. The molecule has 2 atom stereocenters. The third-order valence-corrected chi connectivity index (χ3v) is 8.78. The average Bonchev–Trinajstić information content (AvgIpc) is 3.47. The van der Waals surface area contributed by atoms with Crippen LogP contribution in [-0.4, -0.2) is 36.0 Å². The smallest absolute Gasteiger partial charge is 0.245 e. The summed E-state index contributed by atoms with van der Waals surface area (Å²) in [6.07, 6.45) is 4.18. The summed E-state index contributed by atoms with van der Waals surface area (Å²) in [4.78, 5) is 26.6. The van der Waals surface area contributed by atoms with Crippen LogP contribution in [-0.2, 0) is 19.1 Å². The lowest BCUT2D eigenvalue weighted by Gasteiger charge is -2.35. The van der Waals surface area contributed by atoms with E-state index in [4.69, 9.17) is 9.94 Å². The third-order valence-electron chi connectivity index (χ3n) is 5.69. The van der Waals surface area contributed by atoms with Gasteiger partial charge in [0.1, 0.15) is 0 Å². The predicted molar refractivity (Wildman–Crippen MR) is 120 cm³/mol. The van der Waals surface area contributed by atoms with E-state index < -0.39 is 0 Å². The van der Waals surface area contributed by atoms with Crippen molar-refractivity contribution >= 4 is 40.6 Å². The number of rotatable bonds is 6. The Balaban J connectivity index is 1.54. The molecule has 160 valence electrons. The first-order valence-electron chi connectivity index (χ1n) is 10.3. The van der Waals surface area contributed by atoms with Crippen LogP contribution < -0.4 is 10.8 Å². The van der Waals surface area contributed by atoms with Crippen LogP contribution in [0.3, 0.4) is 0 Å². The van der Waals surface area contributed by atoms with E-state index in [1.165, 1.54) is 0 Å². The lowest BCUT2D eigenvalue weighted by Crippen LogP contribution is -2.32. The first-order valence-corrected chi connectivity index (χ1v) is 12.1. The summed E-state index contributed by atoms with van der Waals surface area (Å²) in [6, 6.07) is 12.1. The second-order valence-electron chi connectivity index (χ2n) is 7.81. The molecule has 4 rings (SSSR count). The van der Waals surface area contributed by atoms with Gasteiger partial charge < -0.3 is 10.1 Å². The molecule has 0 bridgehead atoms. The Labute approximate surface area is 184 Å². The number of thiophene rings is 1. The maximum atomic E-state index is 12.4. The van der Waals surface area contributed by atoms with E-state index in [1.807, 2.05) is 36.0 Å². The molecule has 8 heteroatoms. The van der Waals surface area contributed by atoms with Crippen molar-refractivity contribution in [3.63, 3.8) is 0 Å². The van der Waals surface area contributed by atoms with E-state index in [0.29, 0.717) is 13.2 Å². The van der Waals surface area contributed by atoms with E-state index in [1.54, 1.807) is 16.8 Å². The molecule has 1 unspecified atom stereocenters. The average molecular weight is 447 g/mol. The Kier molecular flexibility index (Phi) is 6.77. The standard InChI is InChI=1S/C22H26N2O4S2/c25-20(24-27)13-22(9-1-2-11-29-22)19-7-6-18(30-19)15-4-3-5-17(12-15)23-21(26)16-8-10-28-14-16/h3-7,12,16,27H,1-2,8-11,13-14H2,(H,23,26)(H,24,25)/t16?,22-/m0/s1. The Hall–Kier alpha value is -1.87. The van der Waals surface area contributed by atoms with Gasteiger partial charge in [0.25, 0.3) is 0 Å². The number of hydrogen-bond donors (Lipinski definition) is 3. The summed E-state index contributed by atoms with van der Waals surface area (Å²) >= 11 is 3.49. The van der Waals surface area contributed by atoms with Gasteiger partial charge in [-0.15, -0.1) is 23.1 Å². The normalized spacial score (nSPS) is 23.8. The number of hydroxylamine groups is 1. The molecule has 2 saturated heterocycles. The molecule has 2 aliphatic heterocycles. The minimum absolute atomic E-state index is 0.00379. The lowest BCUT2D eigenvalue weighted by molar-refractivity contribution is -0.129. The number of hydrogen-bond acceptors (Lipinski definition) is 6. The summed E-state index contributed by atoms with van der Waals surface area (Å²) in [5.74, 6) is 0.588. The minimum atomic E-state index is -0.347. The number of ether oxygens (including phenoxy) is 1. The molecule has 1 aromatic heterocycles. The van der Waals surface area contributed by atoms with Crippen LogP contribution >= 0.6 is 23.1 Å². The van der Waals surface area contributed by atoms with Crippen molar-refractivity contribution in [2.75, 3.05) is 24.3 Å². The molecule has 1 aromatic carbocycles. The molecule has 0 spiro atoms. The number of amides is 2. The van der Waals surface area contributed by atoms with Crippen molar-refractivity contribution in [1.82, 2.24) is 5.48 Å². The van der Waals surface area contributed by atoms with E-state index in [9.17, 15) is 9.59 Å². The van der Waals surface area contributed by atoms with Crippen molar-refractivity contribution in [2.45, 2.75) is 36.9 Å². The van der Waals surface area contributed by atoms with Crippen LogP contribution in [0.1, 0.15) is 37.0 Å². The van der Waals surface area contributed by atoms with Gasteiger partial charge >= 0.3 is 0 Å². The number of thioether (sulfide) groups is 1. The zero-order valence-electron chi connectivity index (χ0n) is 16.7. The molecule has 2 amide bonds. The quantitative estimate of drug-likeness (QED) is 0.452. The van der Waals surface area contributed by atoms with E-state index >= 15 is 0 Å². The highest BCUT2D eigenvalue weighted by molar-refractivity contribution is 8.00. The van der Waals surface area contributed by atoms with Crippen LogP contribution in [0.2, 0.25) is 0 Å². The number of carbonyl (C=O) groups is 2. The van der Waals surface area contributed by atoms with Gasteiger partial charge in [0.15, 0.2) is 0 Å². The summed E-state index contributed by atoms with van der Waals surface area (Å²) < 4.78 is 5.02. The van der Waals surface area contributed by atoms with Gasteiger partial charge in [-0.3, -0.25) is 14.8 Å². The van der Waals surface area contributed by atoms with Crippen molar-refractivity contribution in [3.05, 3.63) is 41.3 Å². The molecule has 0 radical (unpaired) electrons. The summed E-state index contributed by atoms with van der Waals surface area (Å²) in [6.45, 7) is 1.13. The molecule has 3 heterocycles. The summed E-state index contributed by atoms with van der Waals surface area (Å²) in [5.41, 5.74) is 3.61. The van der Waals surface area contributed by atoms with Gasteiger partial charge in [-0.25, -0.2) is 5.48 Å². The fourth-order valence-corrected chi connectivity index (χ4v) is 6.93. The fraction of sp³-hybridized carbons (Fsp3) is 0.455. The first-order chi connectivity index (χ1) is 14.6. The van der Waals surface area contributed by atoms with Crippen molar-refractivity contribution in [3.8, 4) is 10.4 Å². The third kappa shape index (κ3) is 4.72. The van der Waals surface area contributed by atoms with Crippen LogP contribution in [0.25, 0.3) is 10.4 Å². The minimum Gasteiger partial charge on any atom is -0.381 e. The molecular weight excluding hydrogens is 420 g/mol. The molecule has 2 aromatic rings. The molecule has 0 aliphatic carbocycles. The maximum Gasteiger partial charge on any atom is 0.245 e. The molecule has 2 fully saturated rings. The number of anilines is 1. The van der Waals surface area contributed by atoms with Crippen molar-refractivity contribution < 1.29 is 19.5 Å². The van der Waals surface area contributed by atoms with Gasteiger partial charge in [-0.05, 0) is 54.8 Å². The van der Waals surface area contributed by atoms with Gasteiger partial charge in [0.05, 0.1) is 17.3 Å². The molecule has 2 aliphatic rings. The van der Waals surface area contributed by atoms with E-state index in [2.05, 4.69) is 17.4 Å². The molecule has 30 heavy (non-hydrogen) atoms. The number of carbonyl (C=O) groups excluding carboxylic acids is 2. The Morgan fingerprint density at radius 3 is 2.87 bits per heavy atom. The topological polar surface area (TPSA) is 87.7 Å². The monoisotopic (exact) mass is 446 g/mol. The molecule has 3 N–H and O–H groups in total. The predicted octanol–water partition coefficient (Wildman–Crippen LogP) is 4.40. The number of nitrogens with one attached hydrogen (secondary N) is 2. The first kappa shape index (κ1) is 21.4. The van der Waals surface area contributed by atoms with Crippen LogP contribution in [0.5, 0.6) is 0 Å². The highest BCUT2D eigenvalue weighted by atomic mass is 32.2. The zero-order valence-corrected chi connectivity index (χ0v) is 18.3. The van der Waals surface area contributed by atoms with Crippen LogP contribution in [0.4, 0.5) is 5.69 Å². The Morgan fingerprint density at radius 2 is 2.13 bits per heavy atom. The largest absolute Gasteiger partial charge is 0.381 e. The second kappa shape index (κ2) is 9.51. The lowest BCUT2D eigenvalue weighted by atomic mass is 9.94. The van der Waals surface area contributed by atoms with Gasteiger partial charge in [-0.1, -0.05) is 18.6 Å². The fourth-order valence-electron chi connectivity index (χ4n) is 4.05. The van der Waals surface area contributed by atoms with E-state index in [-0.39, 0.29) is 28.9 Å². The van der Waals surface area contributed by atoms with Gasteiger partial charge in [-0.2, -0.15) is 0 Å². The summed E-state index contributed by atoms with van der Waals surface area (Å²) in [7, 11) is 0. The Bertz CT molecular complexity index is 902. The SMILES string of the molecule is O=C(C[C@]1(c2ccc(-c3cccc(NC(=O)C4CCOC4)c3)s2)CCCCS1)NO. The highest BCUT2D eigenvalue weighted by Gasteiger charge is 2.38. The second-order valence-corrected chi connectivity index (χ2v) is 10.4. The van der Waals surface area contributed by atoms with Crippen molar-refractivity contribution in [1.29, 1.82) is 0 Å². The molecular formula is C22H26N2O4S2. The van der Waals surface area contributed by atoms with E-state index in [0.717, 1.165) is 52.4 Å².